The van der Waals surface area contributed by atoms with Crippen molar-refractivity contribution < 1.29 is 9.90 Å². The van der Waals surface area contributed by atoms with Crippen LogP contribution in [0.3, 0.4) is 0 Å². The minimum absolute atomic E-state index is 0.345. The first-order valence-electron chi connectivity index (χ1n) is 8.07. The van der Waals surface area contributed by atoms with Gasteiger partial charge in [0.2, 0.25) is 0 Å². The van der Waals surface area contributed by atoms with Gasteiger partial charge in [0.15, 0.2) is 0 Å². The summed E-state index contributed by atoms with van der Waals surface area (Å²) < 4.78 is 0. The predicted molar refractivity (Wildman–Crippen MR) is 83.8 cm³/mol. The Morgan fingerprint density at radius 1 is 1.10 bits per heavy atom. The molecule has 3 atom stereocenters. The van der Waals surface area contributed by atoms with Gasteiger partial charge in [0.25, 0.3) is 0 Å². The molecule has 0 bridgehead atoms. The van der Waals surface area contributed by atoms with Crippen molar-refractivity contribution in [1.82, 2.24) is 5.32 Å². The Morgan fingerprint density at radius 3 is 2.57 bits per heavy atom. The highest BCUT2D eigenvalue weighted by molar-refractivity contribution is 5.88. The molecule has 0 spiro atoms. The third-order valence-corrected chi connectivity index (χ3v) is 4.92. The van der Waals surface area contributed by atoms with Gasteiger partial charge in [-0.25, -0.2) is 4.79 Å². The first-order chi connectivity index (χ1) is 10.2. The zero-order valence-corrected chi connectivity index (χ0v) is 12.3. The smallest absolute Gasteiger partial charge is 0.335 e. The van der Waals surface area contributed by atoms with E-state index in [-0.39, 0.29) is 0 Å². The molecule has 1 saturated carbocycles. The second-order valence-electron chi connectivity index (χ2n) is 6.28. The molecule has 1 aliphatic carbocycles. The van der Waals surface area contributed by atoms with Crippen LogP contribution in [-0.2, 0) is 0 Å². The maximum Gasteiger partial charge on any atom is 0.335 e. The summed E-state index contributed by atoms with van der Waals surface area (Å²) in [6.07, 6.45) is 7.73. The summed E-state index contributed by atoms with van der Waals surface area (Å²) in [5.74, 6) is -0.170. The number of carbonyl (C=O) groups is 1. The van der Waals surface area contributed by atoms with Crippen LogP contribution in [0.15, 0.2) is 24.3 Å². The molecule has 0 radical (unpaired) electrons. The van der Waals surface area contributed by atoms with Gasteiger partial charge in [-0.3, -0.25) is 0 Å². The summed E-state index contributed by atoms with van der Waals surface area (Å²) in [6.45, 7) is 1.15. The molecule has 1 aliphatic heterocycles. The quantitative estimate of drug-likeness (QED) is 0.796. The second-order valence-corrected chi connectivity index (χ2v) is 6.28. The standard InChI is InChI=1S/C17H24N2O2/c20-17(21)12-7-9-13(10-8-12)19-16-6-3-4-14(16)15-5-1-2-11-18-15/h7-10,14-16,18-19H,1-6,11H2,(H,20,21). The molecule has 3 rings (SSSR count). The van der Waals surface area contributed by atoms with Gasteiger partial charge in [0.05, 0.1) is 5.56 Å². The van der Waals surface area contributed by atoms with Crippen molar-refractivity contribution in [1.29, 1.82) is 0 Å². The van der Waals surface area contributed by atoms with E-state index < -0.39 is 5.97 Å². The van der Waals surface area contributed by atoms with Crippen molar-refractivity contribution in [2.24, 2.45) is 5.92 Å². The Balaban J connectivity index is 1.64. The fourth-order valence-electron chi connectivity index (χ4n) is 3.82. The van der Waals surface area contributed by atoms with Gasteiger partial charge in [0, 0.05) is 17.8 Å². The summed E-state index contributed by atoms with van der Waals surface area (Å²) in [5, 5.41) is 16.2. The van der Waals surface area contributed by atoms with Crippen molar-refractivity contribution in [3.05, 3.63) is 29.8 Å². The minimum Gasteiger partial charge on any atom is -0.478 e. The molecule has 3 unspecified atom stereocenters. The largest absolute Gasteiger partial charge is 0.478 e. The van der Waals surface area contributed by atoms with Crippen LogP contribution in [0.5, 0.6) is 0 Å². The van der Waals surface area contributed by atoms with Gasteiger partial charge in [0.1, 0.15) is 0 Å². The Morgan fingerprint density at radius 2 is 1.90 bits per heavy atom. The topological polar surface area (TPSA) is 61.4 Å². The molecule has 1 aromatic carbocycles. The molecule has 114 valence electrons. The number of rotatable bonds is 4. The van der Waals surface area contributed by atoms with Crippen LogP contribution in [0.1, 0.15) is 48.9 Å². The average molecular weight is 288 g/mol. The molecular weight excluding hydrogens is 264 g/mol. The first-order valence-corrected chi connectivity index (χ1v) is 8.07. The van der Waals surface area contributed by atoms with E-state index in [9.17, 15) is 4.79 Å². The third-order valence-electron chi connectivity index (χ3n) is 4.92. The van der Waals surface area contributed by atoms with E-state index in [2.05, 4.69) is 10.6 Å². The van der Waals surface area contributed by atoms with E-state index in [1.54, 1.807) is 12.1 Å². The van der Waals surface area contributed by atoms with Crippen molar-refractivity contribution in [3.63, 3.8) is 0 Å². The summed E-state index contributed by atoms with van der Waals surface area (Å²) in [7, 11) is 0. The lowest BCUT2D eigenvalue weighted by Gasteiger charge is -2.33. The Bertz CT molecular complexity index is 480. The van der Waals surface area contributed by atoms with Crippen LogP contribution in [0.2, 0.25) is 0 Å². The van der Waals surface area contributed by atoms with Crippen LogP contribution in [-0.4, -0.2) is 29.7 Å². The highest BCUT2D eigenvalue weighted by Crippen LogP contribution is 2.33. The number of benzene rings is 1. The number of nitrogens with one attached hydrogen (secondary N) is 2. The molecular formula is C17H24N2O2. The van der Waals surface area contributed by atoms with Crippen LogP contribution in [0, 0.1) is 5.92 Å². The number of anilines is 1. The van der Waals surface area contributed by atoms with Crippen molar-refractivity contribution >= 4 is 11.7 Å². The van der Waals surface area contributed by atoms with Crippen LogP contribution in [0.25, 0.3) is 0 Å². The number of carboxylic acid groups (broad SMARTS) is 1. The highest BCUT2D eigenvalue weighted by Gasteiger charge is 2.34. The van der Waals surface area contributed by atoms with Crippen LogP contribution >= 0.6 is 0 Å². The van der Waals surface area contributed by atoms with Gasteiger partial charge >= 0.3 is 5.97 Å². The van der Waals surface area contributed by atoms with Gasteiger partial charge in [-0.15, -0.1) is 0 Å². The van der Waals surface area contributed by atoms with E-state index in [1.165, 1.54) is 38.5 Å². The lowest BCUT2D eigenvalue weighted by Crippen LogP contribution is -2.44. The summed E-state index contributed by atoms with van der Waals surface area (Å²) in [4.78, 5) is 10.9. The first kappa shape index (κ1) is 14.4. The van der Waals surface area contributed by atoms with Gasteiger partial charge in [-0.2, -0.15) is 0 Å². The number of aromatic carboxylic acids is 1. The SMILES string of the molecule is O=C(O)c1ccc(NC2CCCC2C2CCCCN2)cc1. The van der Waals surface area contributed by atoms with Gasteiger partial charge < -0.3 is 15.7 Å². The van der Waals surface area contributed by atoms with E-state index in [1.807, 2.05) is 12.1 Å². The Kier molecular flexibility index (Phi) is 4.44. The summed E-state index contributed by atoms with van der Waals surface area (Å²) in [5.41, 5.74) is 1.38. The zero-order chi connectivity index (χ0) is 14.7. The number of piperidine rings is 1. The van der Waals surface area contributed by atoms with E-state index in [4.69, 9.17) is 5.11 Å². The Labute approximate surface area is 125 Å². The monoisotopic (exact) mass is 288 g/mol. The second kappa shape index (κ2) is 6.48. The van der Waals surface area contributed by atoms with Crippen LogP contribution in [0.4, 0.5) is 5.69 Å². The fraction of sp³-hybridized carbons (Fsp3) is 0.588. The number of hydrogen-bond acceptors (Lipinski definition) is 3. The average Bonchev–Trinajstić information content (AvgIpc) is 2.97. The summed E-state index contributed by atoms with van der Waals surface area (Å²) >= 11 is 0. The van der Waals surface area contributed by atoms with Crippen LogP contribution < -0.4 is 10.6 Å². The minimum atomic E-state index is -0.869. The molecule has 0 aromatic heterocycles. The van der Waals surface area contributed by atoms with Crippen molar-refractivity contribution in [3.8, 4) is 0 Å². The lowest BCUT2D eigenvalue weighted by molar-refractivity contribution is 0.0697. The lowest BCUT2D eigenvalue weighted by atomic mass is 9.88. The molecule has 1 heterocycles. The molecule has 21 heavy (non-hydrogen) atoms. The molecule has 3 N–H and O–H groups in total. The molecule has 2 fully saturated rings. The molecule has 2 aliphatic rings. The van der Waals surface area contributed by atoms with Gasteiger partial charge in [-0.05, 0) is 62.4 Å². The maximum atomic E-state index is 10.9. The van der Waals surface area contributed by atoms with E-state index in [0.29, 0.717) is 23.6 Å². The summed E-state index contributed by atoms with van der Waals surface area (Å²) in [6, 6.07) is 8.27. The third kappa shape index (κ3) is 3.38. The molecule has 1 saturated heterocycles. The Hall–Kier alpha value is -1.55. The molecule has 1 aromatic rings. The zero-order valence-electron chi connectivity index (χ0n) is 12.3. The molecule has 4 heteroatoms. The molecule has 4 nitrogen and oxygen atoms in total. The van der Waals surface area contributed by atoms with E-state index in [0.717, 1.165) is 12.2 Å². The predicted octanol–water partition coefficient (Wildman–Crippen LogP) is 3.11. The normalized spacial score (nSPS) is 29.2. The molecule has 0 amide bonds. The highest BCUT2D eigenvalue weighted by atomic mass is 16.4. The number of carboxylic acids is 1. The maximum absolute atomic E-state index is 10.9. The number of hydrogen-bond donors (Lipinski definition) is 3. The van der Waals surface area contributed by atoms with Crippen molar-refractivity contribution in [2.75, 3.05) is 11.9 Å². The van der Waals surface area contributed by atoms with E-state index >= 15 is 0 Å². The van der Waals surface area contributed by atoms with Gasteiger partial charge in [-0.1, -0.05) is 12.8 Å². The fourth-order valence-corrected chi connectivity index (χ4v) is 3.82. The van der Waals surface area contributed by atoms with Crippen molar-refractivity contribution in [2.45, 2.75) is 50.6 Å².